The van der Waals surface area contributed by atoms with Gasteiger partial charge < -0.3 is 5.32 Å². The van der Waals surface area contributed by atoms with Crippen LogP contribution in [0, 0.1) is 11.6 Å². The molecule has 2 aromatic rings. The summed E-state index contributed by atoms with van der Waals surface area (Å²) in [7, 11) is 0. The second-order valence-corrected chi connectivity index (χ2v) is 4.10. The number of nitrogens with one attached hydrogen (secondary N) is 1. The van der Waals surface area contributed by atoms with Crippen molar-refractivity contribution in [1.29, 1.82) is 0 Å². The quantitative estimate of drug-likeness (QED) is 0.924. The first-order valence-corrected chi connectivity index (χ1v) is 5.74. The third kappa shape index (κ3) is 3.13. The van der Waals surface area contributed by atoms with Crippen LogP contribution in [0.15, 0.2) is 42.7 Å². The van der Waals surface area contributed by atoms with E-state index in [0.29, 0.717) is 0 Å². The maximum Gasteiger partial charge on any atom is 0.254 e. The highest BCUT2D eigenvalue weighted by molar-refractivity contribution is 5.94. The summed E-state index contributed by atoms with van der Waals surface area (Å²) in [4.78, 5) is 15.7. The summed E-state index contributed by atoms with van der Waals surface area (Å²) in [5.74, 6) is -2.05. The van der Waals surface area contributed by atoms with Gasteiger partial charge in [0, 0.05) is 12.4 Å². The lowest BCUT2D eigenvalue weighted by Gasteiger charge is -2.14. The van der Waals surface area contributed by atoms with Crippen LogP contribution in [0.1, 0.15) is 28.9 Å². The summed E-state index contributed by atoms with van der Waals surface area (Å²) in [5, 5.41) is 2.61. The van der Waals surface area contributed by atoms with Gasteiger partial charge in [-0.15, -0.1) is 0 Å². The molecule has 0 spiro atoms. The van der Waals surface area contributed by atoms with Gasteiger partial charge in [-0.1, -0.05) is 0 Å². The smallest absolute Gasteiger partial charge is 0.254 e. The van der Waals surface area contributed by atoms with E-state index in [9.17, 15) is 13.6 Å². The summed E-state index contributed by atoms with van der Waals surface area (Å²) >= 11 is 0. The first-order valence-electron chi connectivity index (χ1n) is 5.74. The molecule has 0 aliphatic rings. The molecule has 0 aliphatic carbocycles. The molecule has 0 saturated carbocycles. The number of halogens is 2. The number of hydrogen-bond donors (Lipinski definition) is 1. The van der Waals surface area contributed by atoms with E-state index in [4.69, 9.17) is 0 Å². The highest BCUT2D eigenvalue weighted by Gasteiger charge is 2.15. The van der Waals surface area contributed by atoms with E-state index in [2.05, 4.69) is 10.3 Å². The number of carbonyl (C=O) groups excluding carboxylic acids is 1. The number of nitrogens with zero attached hydrogens (tertiary/aromatic N) is 1. The topological polar surface area (TPSA) is 42.0 Å². The van der Waals surface area contributed by atoms with E-state index < -0.39 is 17.5 Å². The summed E-state index contributed by atoms with van der Waals surface area (Å²) in [6, 6.07) is 5.95. The van der Waals surface area contributed by atoms with Gasteiger partial charge in [-0.25, -0.2) is 8.78 Å². The lowest BCUT2D eigenvalue weighted by molar-refractivity contribution is 0.0935. The summed E-state index contributed by atoms with van der Waals surface area (Å²) < 4.78 is 26.4. The zero-order valence-corrected chi connectivity index (χ0v) is 10.2. The van der Waals surface area contributed by atoms with Crippen molar-refractivity contribution in [2.75, 3.05) is 0 Å². The molecule has 19 heavy (non-hydrogen) atoms. The van der Waals surface area contributed by atoms with Crippen molar-refractivity contribution in [3.8, 4) is 0 Å². The van der Waals surface area contributed by atoms with E-state index in [-0.39, 0.29) is 11.6 Å². The molecule has 5 heteroatoms. The Hall–Kier alpha value is -2.30. The number of benzene rings is 1. The molecule has 1 unspecified atom stereocenters. The number of rotatable bonds is 3. The monoisotopic (exact) mass is 262 g/mol. The van der Waals surface area contributed by atoms with Gasteiger partial charge in [0.1, 0.15) is 11.6 Å². The molecule has 98 valence electrons. The highest BCUT2D eigenvalue weighted by atomic mass is 19.1. The van der Waals surface area contributed by atoms with Crippen molar-refractivity contribution >= 4 is 5.91 Å². The molecule has 0 saturated heterocycles. The minimum atomic E-state index is -0.749. The maximum absolute atomic E-state index is 13.4. The predicted octanol–water partition coefficient (Wildman–Crippen LogP) is 2.85. The Balaban J connectivity index is 2.15. The second kappa shape index (κ2) is 5.56. The Morgan fingerprint density at radius 2 is 1.89 bits per heavy atom. The Morgan fingerprint density at radius 3 is 2.58 bits per heavy atom. The average molecular weight is 262 g/mol. The number of amides is 1. The normalized spacial score (nSPS) is 11.9. The van der Waals surface area contributed by atoms with E-state index in [1.165, 1.54) is 0 Å². The zero-order valence-electron chi connectivity index (χ0n) is 10.2. The van der Waals surface area contributed by atoms with Crippen molar-refractivity contribution in [3.05, 3.63) is 65.5 Å². The van der Waals surface area contributed by atoms with Crippen molar-refractivity contribution in [1.82, 2.24) is 10.3 Å². The lowest BCUT2D eigenvalue weighted by atomic mass is 10.1. The van der Waals surface area contributed by atoms with Gasteiger partial charge in [0.05, 0.1) is 11.6 Å². The molecule has 3 nitrogen and oxygen atoms in total. The molecule has 0 bridgehead atoms. The van der Waals surface area contributed by atoms with Crippen LogP contribution in [0.4, 0.5) is 8.78 Å². The van der Waals surface area contributed by atoms with Crippen LogP contribution >= 0.6 is 0 Å². The van der Waals surface area contributed by atoms with Crippen molar-refractivity contribution in [3.63, 3.8) is 0 Å². The first-order chi connectivity index (χ1) is 9.08. The Kier molecular flexibility index (Phi) is 3.85. The molecule has 1 heterocycles. The third-order valence-electron chi connectivity index (χ3n) is 2.73. The standard InChI is InChI=1S/C14H12F2N2O/c1-9(10-4-6-17-7-5-10)18-14(19)12-8-11(15)2-3-13(12)16/h2-9H,1H3,(H,18,19). The molecule has 1 N–H and O–H groups in total. The van der Waals surface area contributed by atoms with E-state index in [0.717, 1.165) is 23.8 Å². The average Bonchev–Trinajstić information content (AvgIpc) is 2.42. The fourth-order valence-corrected chi connectivity index (χ4v) is 1.68. The Bertz CT molecular complexity index is 587. The van der Waals surface area contributed by atoms with Gasteiger partial charge >= 0.3 is 0 Å². The van der Waals surface area contributed by atoms with Crippen LogP contribution in [-0.4, -0.2) is 10.9 Å². The molecule has 1 aromatic carbocycles. The molecule has 1 amide bonds. The van der Waals surface area contributed by atoms with Gasteiger partial charge in [0.15, 0.2) is 0 Å². The van der Waals surface area contributed by atoms with Gasteiger partial charge in [-0.3, -0.25) is 9.78 Å². The minimum Gasteiger partial charge on any atom is -0.345 e. The van der Waals surface area contributed by atoms with Crippen LogP contribution in [0.5, 0.6) is 0 Å². The SMILES string of the molecule is CC(NC(=O)c1cc(F)ccc1F)c1ccncc1. The van der Waals surface area contributed by atoms with Crippen LogP contribution < -0.4 is 5.32 Å². The van der Waals surface area contributed by atoms with Crippen molar-refractivity contribution in [2.24, 2.45) is 0 Å². The van der Waals surface area contributed by atoms with E-state index in [1.807, 2.05) is 0 Å². The van der Waals surface area contributed by atoms with Crippen molar-refractivity contribution in [2.45, 2.75) is 13.0 Å². The fourth-order valence-electron chi connectivity index (χ4n) is 1.68. The molecule has 0 radical (unpaired) electrons. The maximum atomic E-state index is 13.4. The molecule has 1 aromatic heterocycles. The molecule has 1 atom stereocenters. The Labute approximate surface area is 109 Å². The van der Waals surface area contributed by atoms with E-state index >= 15 is 0 Å². The largest absolute Gasteiger partial charge is 0.345 e. The number of hydrogen-bond acceptors (Lipinski definition) is 2. The highest BCUT2D eigenvalue weighted by Crippen LogP contribution is 2.14. The minimum absolute atomic E-state index is 0.305. The van der Waals surface area contributed by atoms with Crippen LogP contribution in [0.3, 0.4) is 0 Å². The van der Waals surface area contributed by atoms with Crippen molar-refractivity contribution < 1.29 is 13.6 Å². The fraction of sp³-hybridized carbons (Fsp3) is 0.143. The van der Waals surface area contributed by atoms with Gasteiger partial charge in [0.25, 0.3) is 5.91 Å². The zero-order chi connectivity index (χ0) is 13.8. The van der Waals surface area contributed by atoms with Gasteiger partial charge in [0.2, 0.25) is 0 Å². The van der Waals surface area contributed by atoms with Crippen LogP contribution in [-0.2, 0) is 0 Å². The van der Waals surface area contributed by atoms with Gasteiger partial charge in [-0.05, 0) is 42.8 Å². The summed E-state index contributed by atoms with van der Waals surface area (Å²) in [6.45, 7) is 1.75. The summed E-state index contributed by atoms with van der Waals surface area (Å²) in [6.07, 6.45) is 3.20. The summed E-state index contributed by atoms with van der Waals surface area (Å²) in [5.41, 5.74) is 0.529. The third-order valence-corrected chi connectivity index (χ3v) is 2.73. The van der Waals surface area contributed by atoms with Crippen LogP contribution in [0.2, 0.25) is 0 Å². The Morgan fingerprint density at radius 1 is 1.21 bits per heavy atom. The number of aromatic nitrogens is 1. The number of carbonyl (C=O) groups is 1. The first kappa shape index (κ1) is 13.1. The number of pyridine rings is 1. The van der Waals surface area contributed by atoms with E-state index in [1.54, 1.807) is 31.5 Å². The second-order valence-electron chi connectivity index (χ2n) is 4.10. The molecular formula is C14H12F2N2O. The van der Waals surface area contributed by atoms with Crippen LogP contribution in [0.25, 0.3) is 0 Å². The molecular weight excluding hydrogens is 250 g/mol. The molecule has 0 fully saturated rings. The molecule has 0 aliphatic heterocycles. The predicted molar refractivity (Wildman–Crippen MR) is 66.5 cm³/mol. The lowest BCUT2D eigenvalue weighted by Crippen LogP contribution is -2.27. The van der Waals surface area contributed by atoms with Gasteiger partial charge in [-0.2, -0.15) is 0 Å². The molecule has 2 rings (SSSR count).